The first-order valence-corrected chi connectivity index (χ1v) is 7.15. The Morgan fingerprint density at radius 3 is 2.80 bits per heavy atom. The van der Waals surface area contributed by atoms with Gasteiger partial charge in [0, 0.05) is 19.3 Å². The number of hydrogen-bond acceptors (Lipinski definition) is 3. The molecule has 0 aromatic carbocycles. The summed E-state index contributed by atoms with van der Waals surface area (Å²) >= 11 is 0. The van der Waals surface area contributed by atoms with Crippen molar-refractivity contribution in [3.05, 3.63) is 24.0 Å². The van der Waals surface area contributed by atoms with E-state index in [9.17, 15) is 9.59 Å². The summed E-state index contributed by atoms with van der Waals surface area (Å²) in [7, 11) is 1.76. The highest BCUT2D eigenvalue weighted by Gasteiger charge is 2.23. The van der Waals surface area contributed by atoms with Gasteiger partial charge in [0.2, 0.25) is 0 Å². The van der Waals surface area contributed by atoms with Crippen LogP contribution in [0.3, 0.4) is 0 Å². The molecule has 5 nitrogen and oxygen atoms in total. The Labute approximate surface area is 119 Å². The lowest BCUT2D eigenvalue weighted by molar-refractivity contribution is -0.125. The second kappa shape index (κ2) is 6.59. The van der Waals surface area contributed by atoms with Gasteiger partial charge in [0.05, 0.1) is 0 Å². The standard InChI is InChI=1S/C15H22N2O3/c1-11-6-3-4-7-12(11)16-14(18)10-20-15(19)13-8-5-9-17(13)2/h5,8-9,11-12H,3-4,6-7,10H2,1-2H3,(H,16,18)/t11-,12-/m0/s1. The molecule has 1 heterocycles. The van der Waals surface area contributed by atoms with Gasteiger partial charge in [-0.3, -0.25) is 4.79 Å². The number of aryl methyl sites for hydroxylation is 1. The Morgan fingerprint density at radius 1 is 1.40 bits per heavy atom. The SMILES string of the molecule is C[C@H]1CCCC[C@@H]1NC(=O)COC(=O)c1cccn1C. The fourth-order valence-electron chi connectivity index (χ4n) is 2.66. The van der Waals surface area contributed by atoms with Gasteiger partial charge in [0.1, 0.15) is 5.69 Å². The molecular formula is C15H22N2O3. The Hall–Kier alpha value is -1.78. The molecular weight excluding hydrogens is 256 g/mol. The molecule has 110 valence electrons. The van der Waals surface area contributed by atoms with E-state index in [-0.39, 0.29) is 18.6 Å². The van der Waals surface area contributed by atoms with Crippen LogP contribution in [-0.2, 0) is 16.6 Å². The highest BCUT2D eigenvalue weighted by Crippen LogP contribution is 2.23. The van der Waals surface area contributed by atoms with E-state index in [0.29, 0.717) is 11.6 Å². The summed E-state index contributed by atoms with van der Waals surface area (Å²) in [5.74, 6) is -0.188. The van der Waals surface area contributed by atoms with E-state index in [0.717, 1.165) is 19.3 Å². The van der Waals surface area contributed by atoms with Crippen LogP contribution in [0.5, 0.6) is 0 Å². The first kappa shape index (κ1) is 14.6. The monoisotopic (exact) mass is 278 g/mol. The normalized spacial score (nSPS) is 22.3. The fourth-order valence-corrected chi connectivity index (χ4v) is 2.66. The van der Waals surface area contributed by atoms with Crippen LogP contribution in [0.1, 0.15) is 43.1 Å². The van der Waals surface area contributed by atoms with E-state index in [1.165, 1.54) is 6.42 Å². The molecule has 0 spiro atoms. The average molecular weight is 278 g/mol. The van der Waals surface area contributed by atoms with Gasteiger partial charge in [-0.15, -0.1) is 0 Å². The minimum Gasteiger partial charge on any atom is -0.451 e. The first-order chi connectivity index (χ1) is 9.58. The van der Waals surface area contributed by atoms with Crippen LogP contribution in [-0.4, -0.2) is 29.1 Å². The third kappa shape index (κ3) is 3.62. The zero-order chi connectivity index (χ0) is 14.5. The van der Waals surface area contributed by atoms with Gasteiger partial charge >= 0.3 is 5.97 Å². The predicted octanol–water partition coefficient (Wildman–Crippen LogP) is 1.88. The number of amides is 1. The number of nitrogens with one attached hydrogen (secondary N) is 1. The first-order valence-electron chi connectivity index (χ1n) is 7.15. The lowest BCUT2D eigenvalue weighted by Gasteiger charge is -2.29. The van der Waals surface area contributed by atoms with E-state index < -0.39 is 5.97 Å². The summed E-state index contributed by atoms with van der Waals surface area (Å²) in [5.41, 5.74) is 0.448. The molecule has 1 amide bonds. The summed E-state index contributed by atoms with van der Waals surface area (Å²) in [4.78, 5) is 23.6. The lowest BCUT2D eigenvalue weighted by atomic mass is 9.86. The van der Waals surface area contributed by atoms with Crippen molar-refractivity contribution >= 4 is 11.9 Å². The number of esters is 1. The van der Waals surface area contributed by atoms with Crippen LogP contribution in [0.15, 0.2) is 18.3 Å². The topological polar surface area (TPSA) is 60.3 Å². The summed E-state index contributed by atoms with van der Waals surface area (Å²) < 4.78 is 6.70. The van der Waals surface area contributed by atoms with Crippen LogP contribution in [0.25, 0.3) is 0 Å². The third-order valence-corrected chi connectivity index (χ3v) is 3.95. The predicted molar refractivity (Wildman–Crippen MR) is 75.3 cm³/mol. The van der Waals surface area contributed by atoms with Crippen LogP contribution < -0.4 is 5.32 Å². The number of carbonyl (C=O) groups is 2. The summed E-state index contributed by atoms with van der Waals surface area (Å²) in [6.07, 6.45) is 6.31. The van der Waals surface area contributed by atoms with Crippen molar-refractivity contribution in [3.63, 3.8) is 0 Å². The van der Waals surface area contributed by atoms with Gasteiger partial charge in [-0.25, -0.2) is 4.79 Å². The van der Waals surface area contributed by atoms with E-state index in [4.69, 9.17) is 4.74 Å². The molecule has 0 saturated heterocycles. The molecule has 1 aromatic rings. The Kier molecular flexibility index (Phi) is 4.82. The molecule has 1 N–H and O–H groups in total. The van der Waals surface area contributed by atoms with E-state index in [2.05, 4.69) is 12.2 Å². The van der Waals surface area contributed by atoms with Crippen LogP contribution in [0.2, 0.25) is 0 Å². The Bertz CT molecular complexity index is 481. The minimum atomic E-state index is -0.468. The van der Waals surface area contributed by atoms with Crippen LogP contribution in [0, 0.1) is 5.92 Å². The van der Waals surface area contributed by atoms with E-state index >= 15 is 0 Å². The van der Waals surface area contributed by atoms with Crippen LogP contribution in [0.4, 0.5) is 0 Å². The molecule has 2 atom stereocenters. The zero-order valence-corrected chi connectivity index (χ0v) is 12.1. The summed E-state index contributed by atoms with van der Waals surface area (Å²) in [6, 6.07) is 3.65. The minimum absolute atomic E-state index is 0.213. The van der Waals surface area contributed by atoms with Gasteiger partial charge in [0.25, 0.3) is 5.91 Å². The number of carbonyl (C=O) groups excluding carboxylic acids is 2. The molecule has 2 rings (SSSR count). The molecule has 1 fully saturated rings. The highest BCUT2D eigenvalue weighted by molar-refractivity contribution is 5.89. The molecule has 20 heavy (non-hydrogen) atoms. The largest absolute Gasteiger partial charge is 0.451 e. The van der Waals surface area contributed by atoms with Crippen molar-refractivity contribution in [3.8, 4) is 0 Å². The van der Waals surface area contributed by atoms with E-state index in [1.54, 1.807) is 29.9 Å². The molecule has 0 bridgehead atoms. The lowest BCUT2D eigenvalue weighted by Crippen LogP contribution is -2.42. The molecule has 1 aliphatic rings. The Balaban J connectivity index is 1.77. The smallest absolute Gasteiger partial charge is 0.355 e. The third-order valence-electron chi connectivity index (χ3n) is 3.95. The summed E-state index contributed by atoms with van der Waals surface area (Å²) in [6.45, 7) is 1.94. The van der Waals surface area contributed by atoms with Gasteiger partial charge in [-0.05, 0) is 30.9 Å². The zero-order valence-electron chi connectivity index (χ0n) is 12.1. The molecule has 1 saturated carbocycles. The molecule has 0 aliphatic heterocycles. The average Bonchev–Trinajstić information content (AvgIpc) is 2.85. The second-order valence-electron chi connectivity index (χ2n) is 5.52. The summed E-state index contributed by atoms with van der Waals surface area (Å²) in [5, 5.41) is 2.96. The number of aromatic nitrogens is 1. The maximum Gasteiger partial charge on any atom is 0.355 e. The van der Waals surface area contributed by atoms with Crippen molar-refractivity contribution in [1.29, 1.82) is 0 Å². The van der Waals surface area contributed by atoms with Crippen molar-refractivity contribution < 1.29 is 14.3 Å². The number of hydrogen-bond donors (Lipinski definition) is 1. The van der Waals surface area contributed by atoms with Crippen molar-refractivity contribution in [2.24, 2.45) is 13.0 Å². The maximum atomic E-state index is 11.8. The van der Waals surface area contributed by atoms with Crippen molar-refractivity contribution in [2.75, 3.05) is 6.61 Å². The molecule has 1 aliphatic carbocycles. The van der Waals surface area contributed by atoms with Crippen molar-refractivity contribution in [2.45, 2.75) is 38.6 Å². The molecule has 0 unspecified atom stereocenters. The Morgan fingerprint density at radius 2 is 2.15 bits per heavy atom. The van der Waals surface area contributed by atoms with Gasteiger partial charge in [-0.2, -0.15) is 0 Å². The van der Waals surface area contributed by atoms with Gasteiger partial charge < -0.3 is 14.6 Å². The van der Waals surface area contributed by atoms with Crippen LogP contribution >= 0.6 is 0 Å². The molecule has 1 aromatic heterocycles. The van der Waals surface area contributed by atoms with E-state index in [1.807, 2.05) is 0 Å². The number of ether oxygens (including phenoxy) is 1. The molecule has 5 heteroatoms. The van der Waals surface area contributed by atoms with Crippen molar-refractivity contribution in [1.82, 2.24) is 9.88 Å². The quantitative estimate of drug-likeness (QED) is 0.855. The van der Waals surface area contributed by atoms with Gasteiger partial charge in [-0.1, -0.05) is 19.8 Å². The second-order valence-corrected chi connectivity index (χ2v) is 5.52. The van der Waals surface area contributed by atoms with Gasteiger partial charge in [0.15, 0.2) is 6.61 Å². The number of rotatable bonds is 4. The maximum absolute atomic E-state index is 11.8. The number of nitrogens with zero attached hydrogens (tertiary/aromatic N) is 1. The molecule has 0 radical (unpaired) electrons. The highest BCUT2D eigenvalue weighted by atomic mass is 16.5. The fraction of sp³-hybridized carbons (Fsp3) is 0.600.